The van der Waals surface area contributed by atoms with Gasteiger partial charge < -0.3 is 5.32 Å². The molecule has 0 saturated carbocycles. The number of anilines is 1. The van der Waals surface area contributed by atoms with Gasteiger partial charge in [-0.2, -0.15) is 0 Å². The van der Waals surface area contributed by atoms with Crippen molar-refractivity contribution in [2.75, 3.05) is 17.6 Å². The maximum Gasteiger partial charge on any atom is 0.154 e. The summed E-state index contributed by atoms with van der Waals surface area (Å²) < 4.78 is 23.5. The number of benzene rings is 1. The van der Waals surface area contributed by atoms with Crippen molar-refractivity contribution in [1.82, 2.24) is 10.2 Å². The number of aromatic nitrogens is 2. The molecule has 1 aliphatic rings. The molecular weight excluding hydrogens is 322 g/mol. The van der Waals surface area contributed by atoms with Gasteiger partial charge in [0.15, 0.2) is 9.84 Å². The van der Waals surface area contributed by atoms with Crippen LogP contribution in [0.25, 0.3) is 11.3 Å². The van der Waals surface area contributed by atoms with Crippen molar-refractivity contribution >= 4 is 27.3 Å². The van der Waals surface area contributed by atoms with Crippen LogP contribution in [0.5, 0.6) is 0 Å². The van der Waals surface area contributed by atoms with E-state index in [0.717, 1.165) is 12.0 Å². The summed E-state index contributed by atoms with van der Waals surface area (Å²) in [5, 5.41) is 11.6. The molecule has 7 heteroatoms. The molecule has 1 fully saturated rings. The van der Waals surface area contributed by atoms with Crippen molar-refractivity contribution in [2.45, 2.75) is 18.1 Å². The quantitative estimate of drug-likeness (QED) is 0.928. The second-order valence-electron chi connectivity index (χ2n) is 5.30. The predicted octanol–water partition coefficient (Wildman–Crippen LogP) is 2.79. The molecule has 0 amide bonds. The molecule has 2 aromatic rings. The molecule has 0 radical (unpaired) electrons. The monoisotopic (exact) mass is 337 g/mol. The number of hydrogen-bond donors (Lipinski definition) is 1. The lowest BCUT2D eigenvalue weighted by molar-refractivity contribution is 0.591. The van der Waals surface area contributed by atoms with E-state index < -0.39 is 9.84 Å². The Balaban J connectivity index is 1.69. The van der Waals surface area contributed by atoms with Crippen molar-refractivity contribution in [2.24, 2.45) is 0 Å². The molecule has 1 saturated heterocycles. The second-order valence-corrected chi connectivity index (χ2v) is 8.10. The van der Waals surface area contributed by atoms with E-state index >= 15 is 0 Å². The molecular formula is C15H16ClN3O2S. The number of nitrogens with one attached hydrogen (secondary N) is 1. The Morgan fingerprint density at radius 3 is 2.64 bits per heavy atom. The third-order valence-electron chi connectivity index (χ3n) is 3.79. The first-order chi connectivity index (χ1) is 10.6. The minimum absolute atomic E-state index is 0.288. The van der Waals surface area contributed by atoms with Crippen LogP contribution < -0.4 is 5.32 Å². The molecule has 1 atom stereocenters. The Bertz CT molecular complexity index is 763. The van der Waals surface area contributed by atoms with Crippen LogP contribution in [0.4, 0.5) is 5.82 Å². The maximum absolute atomic E-state index is 11.8. The Labute approximate surface area is 134 Å². The van der Waals surface area contributed by atoms with Crippen molar-refractivity contribution in [1.29, 1.82) is 0 Å². The Morgan fingerprint density at radius 1 is 1.18 bits per heavy atom. The van der Waals surface area contributed by atoms with Gasteiger partial charge in [0.25, 0.3) is 0 Å². The first-order valence-electron chi connectivity index (χ1n) is 7.10. The van der Waals surface area contributed by atoms with Crippen molar-refractivity contribution in [3.05, 3.63) is 41.4 Å². The van der Waals surface area contributed by atoms with E-state index in [1.54, 1.807) is 12.1 Å². The number of sulfone groups is 1. The number of rotatable bonds is 4. The van der Waals surface area contributed by atoms with Crippen LogP contribution in [0.2, 0.25) is 5.02 Å². The van der Waals surface area contributed by atoms with Gasteiger partial charge in [-0.1, -0.05) is 29.8 Å². The number of nitrogens with zero attached hydrogens (tertiary/aromatic N) is 2. The first-order valence-corrected chi connectivity index (χ1v) is 9.20. The molecule has 22 heavy (non-hydrogen) atoms. The van der Waals surface area contributed by atoms with E-state index in [4.69, 9.17) is 11.6 Å². The highest BCUT2D eigenvalue weighted by atomic mass is 35.5. The van der Waals surface area contributed by atoms with Gasteiger partial charge in [-0.3, -0.25) is 0 Å². The van der Waals surface area contributed by atoms with Crippen molar-refractivity contribution < 1.29 is 8.42 Å². The third-order valence-corrected chi connectivity index (χ3v) is 6.39. The average Bonchev–Trinajstić information content (AvgIpc) is 2.85. The van der Waals surface area contributed by atoms with Crippen LogP contribution >= 0.6 is 11.6 Å². The minimum Gasteiger partial charge on any atom is -0.367 e. The summed E-state index contributed by atoms with van der Waals surface area (Å²) in [5.74, 6) is 0.856. The van der Waals surface area contributed by atoms with Gasteiger partial charge in [0.2, 0.25) is 0 Å². The van der Waals surface area contributed by atoms with Crippen LogP contribution in [0.15, 0.2) is 36.4 Å². The predicted molar refractivity (Wildman–Crippen MR) is 87.8 cm³/mol. The van der Waals surface area contributed by atoms with Crippen LogP contribution in [0.3, 0.4) is 0 Å². The summed E-state index contributed by atoms with van der Waals surface area (Å²) in [6.45, 7) is 0.377. The van der Waals surface area contributed by atoms with E-state index in [1.807, 2.05) is 24.3 Å². The second kappa shape index (κ2) is 6.22. The lowest BCUT2D eigenvalue weighted by Crippen LogP contribution is -2.25. The minimum atomic E-state index is -2.94. The van der Waals surface area contributed by atoms with Crippen molar-refractivity contribution in [3.8, 4) is 11.3 Å². The summed E-state index contributed by atoms with van der Waals surface area (Å²) in [5.41, 5.74) is 1.51. The Morgan fingerprint density at radius 2 is 2.00 bits per heavy atom. The molecule has 116 valence electrons. The van der Waals surface area contributed by atoms with Gasteiger partial charge in [-0.05, 0) is 31.0 Å². The smallest absolute Gasteiger partial charge is 0.154 e. The molecule has 5 nitrogen and oxygen atoms in total. The van der Waals surface area contributed by atoms with E-state index in [0.29, 0.717) is 29.5 Å². The van der Waals surface area contributed by atoms with Gasteiger partial charge in [0, 0.05) is 12.1 Å². The Hall–Kier alpha value is -1.66. The van der Waals surface area contributed by atoms with E-state index in [9.17, 15) is 8.42 Å². The van der Waals surface area contributed by atoms with E-state index in [-0.39, 0.29) is 11.0 Å². The average molecular weight is 338 g/mol. The first kappa shape index (κ1) is 15.2. The summed E-state index contributed by atoms with van der Waals surface area (Å²) in [6, 6.07) is 11.0. The highest BCUT2D eigenvalue weighted by Gasteiger charge is 2.30. The molecule has 1 aromatic carbocycles. The summed E-state index contributed by atoms with van der Waals surface area (Å²) in [6.07, 6.45) is 1.45. The third kappa shape index (κ3) is 3.23. The zero-order valence-corrected chi connectivity index (χ0v) is 13.4. The molecule has 1 aliphatic heterocycles. The summed E-state index contributed by atoms with van der Waals surface area (Å²) >= 11 is 6.13. The summed E-state index contributed by atoms with van der Waals surface area (Å²) in [7, 11) is -2.94. The molecule has 2 heterocycles. The van der Waals surface area contributed by atoms with Gasteiger partial charge in [-0.25, -0.2) is 8.42 Å². The fourth-order valence-electron chi connectivity index (χ4n) is 2.54. The van der Waals surface area contributed by atoms with Crippen molar-refractivity contribution in [3.63, 3.8) is 0 Å². The zero-order chi connectivity index (χ0) is 15.6. The standard InChI is InChI=1S/C15H16ClN3O2S/c16-13-6-2-1-5-12(13)14-7-8-15(19-18-14)17-10-11-4-3-9-22(11,20)21/h1-2,5-8,11H,3-4,9-10H2,(H,17,19). The van der Waals surface area contributed by atoms with Crippen LogP contribution in [-0.4, -0.2) is 36.2 Å². The van der Waals surface area contributed by atoms with Crippen LogP contribution in [-0.2, 0) is 9.84 Å². The molecule has 1 unspecified atom stereocenters. The molecule has 0 spiro atoms. The molecule has 3 rings (SSSR count). The normalized spacial score (nSPS) is 20.0. The molecule has 0 bridgehead atoms. The topological polar surface area (TPSA) is 72.0 Å². The molecule has 1 N–H and O–H groups in total. The van der Waals surface area contributed by atoms with E-state index in [2.05, 4.69) is 15.5 Å². The largest absolute Gasteiger partial charge is 0.367 e. The zero-order valence-electron chi connectivity index (χ0n) is 11.9. The van der Waals surface area contributed by atoms with Gasteiger partial charge >= 0.3 is 0 Å². The highest BCUT2D eigenvalue weighted by molar-refractivity contribution is 7.92. The number of halogens is 1. The highest BCUT2D eigenvalue weighted by Crippen LogP contribution is 2.26. The fourth-order valence-corrected chi connectivity index (χ4v) is 4.54. The SMILES string of the molecule is O=S1(=O)CCCC1CNc1ccc(-c2ccccc2Cl)nn1. The fraction of sp³-hybridized carbons (Fsp3) is 0.333. The lowest BCUT2D eigenvalue weighted by atomic mass is 10.1. The number of hydrogen-bond acceptors (Lipinski definition) is 5. The maximum atomic E-state index is 11.8. The lowest BCUT2D eigenvalue weighted by Gasteiger charge is -2.11. The van der Waals surface area contributed by atoms with Gasteiger partial charge in [-0.15, -0.1) is 10.2 Å². The Kier molecular flexibility index (Phi) is 4.31. The van der Waals surface area contributed by atoms with Gasteiger partial charge in [0.1, 0.15) is 5.82 Å². The van der Waals surface area contributed by atoms with Crippen LogP contribution in [0, 0.1) is 0 Å². The van der Waals surface area contributed by atoms with E-state index in [1.165, 1.54) is 0 Å². The van der Waals surface area contributed by atoms with Gasteiger partial charge in [0.05, 0.1) is 21.7 Å². The molecule has 0 aliphatic carbocycles. The van der Waals surface area contributed by atoms with Crippen LogP contribution in [0.1, 0.15) is 12.8 Å². The molecule has 1 aromatic heterocycles. The summed E-state index contributed by atoms with van der Waals surface area (Å²) in [4.78, 5) is 0.